The van der Waals surface area contributed by atoms with E-state index in [1.807, 2.05) is 60.7 Å². The zero-order chi connectivity index (χ0) is 20.3. The van der Waals surface area contributed by atoms with E-state index in [0.29, 0.717) is 19.0 Å². The molecule has 3 aromatic rings. The molecule has 3 aromatic carbocycles. The van der Waals surface area contributed by atoms with Gasteiger partial charge in [-0.05, 0) is 23.3 Å². The topological polar surface area (TPSA) is 68.2 Å². The maximum Gasteiger partial charge on any atom is 0.161 e. The van der Waals surface area contributed by atoms with Crippen LogP contribution in [0.2, 0.25) is 0 Å². The van der Waals surface area contributed by atoms with E-state index in [4.69, 9.17) is 14.2 Å². The molecule has 0 unspecified atom stereocenters. The summed E-state index contributed by atoms with van der Waals surface area (Å²) in [6.07, 6.45) is -1.61. The van der Waals surface area contributed by atoms with Crippen LogP contribution >= 0.6 is 0 Å². The Morgan fingerprint density at radius 2 is 1.17 bits per heavy atom. The molecule has 0 heterocycles. The van der Waals surface area contributed by atoms with Crippen molar-refractivity contribution in [3.8, 4) is 11.5 Å². The van der Waals surface area contributed by atoms with E-state index >= 15 is 0 Å². The normalized spacial score (nSPS) is 13.0. The number of hydrogen-bond acceptors (Lipinski definition) is 5. The maximum atomic E-state index is 10.6. The minimum absolute atomic E-state index is 0.0120. The van der Waals surface area contributed by atoms with E-state index < -0.39 is 12.2 Å². The molecule has 0 fully saturated rings. The predicted molar refractivity (Wildman–Crippen MR) is 111 cm³/mol. The number of phenolic OH excluding ortho intramolecular Hbond substituents is 1. The molecule has 29 heavy (non-hydrogen) atoms. The van der Waals surface area contributed by atoms with Crippen molar-refractivity contribution in [2.75, 3.05) is 13.2 Å². The predicted octanol–water partition coefficient (Wildman–Crippen LogP) is 3.93. The molecular formula is C24H26O5. The third kappa shape index (κ3) is 6.91. The Morgan fingerprint density at radius 1 is 0.655 bits per heavy atom. The van der Waals surface area contributed by atoms with Gasteiger partial charge < -0.3 is 24.4 Å². The highest BCUT2D eigenvalue weighted by atomic mass is 16.6. The molecule has 0 saturated carbocycles. The Morgan fingerprint density at radius 3 is 1.76 bits per heavy atom. The van der Waals surface area contributed by atoms with Crippen LogP contribution in [0.3, 0.4) is 0 Å². The second kappa shape index (κ2) is 11.2. The number of phenols is 1. The van der Waals surface area contributed by atoms with Crippen molar-refractivity contribution in [3.63, 3.8) is 0 Å². The summed E-state index contributed by atoms with van der Waals surface area (Å²) in [6, 6.07) is 26.2. The summed E-state index contributed by atoms with van der Waals surface area (Å²) in [5.74, 6) is 0.306. The number of aliphatic hydroxyl groups excluding tert-OH is 1. The van der Waals surface area contributed by atoms with E-state index in [1.54, 1.807) is 18.2 Å². The van der Waals surface area contributed by atoms with Gasteiger partial charge in [0.15, 0.2) is 17.6 Å². The molecule has 5 heteroatoms. The van der Waals surface area contributed by atoms with Crippen molar-refractivity contribution in [3.05, 3.63) is 96.1 Å². The first-order valence-electron chi connectivity index (χ1n) is 9.58. The lowest BCUT2D eigenvalue weighted by Gasteiger charge is -2.24. The molecule has 3 rings (SSSR count). The highest BCUT2D eigenvalue weighted by molar-refractivity contribution is 5.38. The van der Waals surface area contributed by atoms with Crippen LogP contribution in [0.15, 0.2) is 84.9 Å². The highest BCUT2D eigenvalue weighted by Gasteiger charge is 2.23. The zero-order valence-electron chi connectivity index (χ0n) is 16.2. The summed E-state index contributed by atoms with van der Waals surface area (Å²) in [5.41, 5.74) is 2.06. The lowest BCUT2D eigenvalue weighted by Crippen LogP contribution is -2.39. The van der Waals surface area contributed by atoms with Crippen LogP contribution in [0, 0.1) is 0 Å². The quantitative estimate of drug-likeness (QED) is 0.516. The second-order valence-corrected chi connectivity index (χ2v) is 6.69. The molecule has 5 nitrogen and oxygen atoms in total. The molecule has 0 aliphatic heterocycles. The van der Waals surface area contributed by atoms with E-state index in [2.05, 4.69) is 0 Å². The first-order valence-corrected chi connectivity index (χ1v) is 9.58. The summed E-state index contributed by atoms with van der Waals surface area (Å²) in [5, 5.41) is 20.6. The number of aliphatic hydroxyl groups is 1. The van der Waals surface area contributed by atoms with Crippen LogP contribution in [0.5, 0.6) is 11.5 Å². The molecule has 0 spiro atoms. The molecule has 0 aliphatic rings. The van der Waals surface area contributed by atoms with Crippen molar-refractivity contribution in [1.82, 2.24) is 0 Å². The molecule has 0 aromatic heterocycles. The van der Waals surface area contributed by atoms with Crippen molar-refractivity contribution < 1.29 is 24.4 Å². The van der Waals surface area contributed by atoms with E-state index in [0.717, 1.165) is 11.1 Å². The Bertz CT molecular complexity index is 838. The van der Waals surface area contributed by atoms with Crippen LogP contribution in [0.25, 0.3) is 0 Å². The van der Waals surface area contributed by atoms with Gasteiger partial charge in [0.05, 0.1) is 26.4 Å². The minimum atomic E-state index is -0.922. The van der Waals surface area contributed by atoms with Gasteiger partial charge in [-0.25, -0.2) is 0 Å². The summed E-state index contributed by atoms with van der Waals surface area (Å²) >= 11 is 0. The average Bonchev–Trinajstić information content (AvgIpc) is 2.76. The molecule has 0 aliphatic carbocycles. The van der Waals surface area contributed by atoms with Crippen LogP contribution in [0.1, 0.15) is 11.1 Å². The molecule has 0 saturated heterocycles. The van der Waals surface area contributed by atoms with Gasteiger partial charge in [-0.3, -0.25) is 0 Å². The van der Waals surface area contributed by atoms with Gasteiger partial charge in [-0.15, -0.1) is 0 Å². The number of aromatic hydroxyl groups is 1. The number of hydrogen-bond donors (Lipinski definition) is 2. The highest BCUT2D eigenvalue weighted by Crippen LogP contribution is 2.26. The molecule has 0 radical (unpaired) electrons. The number of para-hydroxylation sites is 2. The molecule has 2 atom stereocenters. The molecule has 0 amide bonds. The van der Waals surface area contributed by atoms with Crippen molar-refractivity contribution in [1.29, 1.82) is 0 Å². The zero-order valence-corrected chi connectivity index (χ0v) is 16.2. The van der Waals surface area contributed by atoms with Gasteiger partial charge in [0, 0.05) is 0 Å². The Labute approximate surface area is 171 Å². The fraction of sp³-hybridized carbons (Fsp3) is 0.250. The average molecular weight is 394 g/mol. The molecular weight excluding hydrogens is 368 g/mol. The molecule has 152 valence electrons. The minimum Gasteiger partial charge on any atom is -0.504 e. The van der Waals surface area contributed by atoms with Gasteiger partial charge in [-0.2, -0.15) is 0 Å². The third-order valence-corrected chi connectivity index (χ3v) is 4.37. The van der Waals surface area contributed by atoms with Gasteiger partial charge in [0.1, 0.15) is 6.10 Å². The first-order chi connectivity index (χ1) is 14.2. The molecule has 0 bridgehead atoms. The van der Waals surface area contributed by atoms with Crippen molar-refractivity contribution in [2.45, 2.75) is 25.4 Å². The van der Waals surface area contributed by atoms with E-state index in [1.165, 1.54) is 6.07 Å². The van der Waals surface area contributed by atoms with Crippen molar-refractivity contribution in [2.24, 2.45) is 0 Å². The van der Waals surface area contributed by atoms with Crippen molar-refractivity contribution >= 4 is 0 Å². The number of ether oxygens (including phenoxy) is 3. The van der Waals surface area contributed by atoms with Crippen LogP contribution < -0.4 is 4.74 Å². The number of benzene rings is 3. The Kier molecular flexibility index (Phi) is 8.07. The summed E-state index contributed by atoms with van der Waals surface area (Å²) < 4.78 is 17.2. The fourth-order valence-electron chi connectivity index (χ4n) is 2.79. The smallest absolute Gasteiger partial charge is 0.161 e. The van der Waals surface area contributed by atoms with E-state index in [-0.39, 0.29) is 19.0 Å². The van der Waals surface area contributed by atoms with Gasteiger partial charge in [0.25, 0.3) is 0 Å². The van der Waals surface area contributed by atoms with E-state index in [9.17, 15) is 10.2 Å². The Hall–Kier alpha value is -2.86. The van der Waals surface area contributed by atoms with Crippen LogP contribution in [-0.4, -0.2) is 35.6 Å². The molecule has 2 N–H and O–H groups in total. The van der Waals surface area contributed by atoms with Crippen LogP contribution in [-0.2, 0) is 22.7 Å². The van der Waals surface area contributed by atoms with Gasteiger partial charge >= 0.3 is 0 Å². The third-order valence-electron chi connectivity index (χ3n) is 4.37. The summed E-state index contributed by atoms with van der Waals surface area (Å²) in [4.78, 5) is 0. The maximum absolute atomic E-state index is 10.6. The van der Waals surface area contributed by atoms with Crippen LogP contribution in [0.4, 0.5) is 0 Å². The van der Waals surface area contributed by atoms with Gasteiger partial charge in [-0.1, -0.05) is 72.8 Å². The SMILES string of the molecule is Oc1ccccc1O[C@H](COCc1ccccc1)[C@H](O)COCc1ccccc1. The monoisotopic (exact) mass is 394 g/mol. The lowest BCUT2D eigenvalue weighted by atomic mass is 10.2. The summed E-state index contributed by atoms with van der Waals surface area (Å²) in [7, 11) is 0. The second-order valence-electron chi connectivity index (χ2n) is 6.69. The largest absolute Gasteiger partial charge is 0.504 e. The Balaban J connectivity index is 1.57. The first kappa shape index (κ1) is 20.9. The lowest BCUT2D eigenvalue weighted by molar-refractivity contribution is -0.0657. The fourth-order valence-corrected chi connectivity index (χ4v) is 2.79. The standard InChI is InChI=1S/C24H26O5/c25-21-13-7-8-14-23(21)29-24(18-28-16-20-11-5-2-6-12-20)22(26)17-27-15-19-9-3-1-4-10-19/h1-14,22,24-26H,15-18H2/t22-,24-/m1/s1. The van der Waals surface area contributed by atoms with Gasteiger partial charge in [0.2, 0.25) is 0 Å². The number of rotatable bonds is 11. The summed E-state index contributed by atoms with van der Waals surface area (Å²) in [6.45, 7) is 1.03.